The van der Waals surface area contributed by atoms with Crippen LogP contribution in [0.15, 0.2) is 29.3 Å². The normalized spacial score (nSPS) is 18.4. The van der Waals surface area contributed by atoms with Gasteiger partial charge in [0.1, 0.15) is 0 Å². The fraction of sp³-hybridized carbons (Fsp3) is 0.385. The number of ether oxygens (including phenoxy) is 1. The van der Waals surface area contributed by atoms with Crippen LogP contribution >= 0.6 is 0 Å². The van der Waals surface area contributed by atoms with Crippen LogP contribution in [0.3, 0.4) is 0 Å². The van der Waals surface area contributed by atoms with Gasteiger partial charge in [-0.2, -0.15) is 13.2 Å². The summed E-state index contributed by atoms with van der Waals surface area (Å²) in [5.41, 5.74) is -0.00311. The van der Waals surface area contributed by atoms with Gasteiger partial charge in [-0.15, -0.1) is 0 Å². The number of hydrogen-bond acceptors (Lipinski definition) is 4. The molecular formula is C13H14F3N3O2. The number of nitrogens with one attached hydrogen (secondary N) is 1. The standard InChI is InChI=1S/C13H14F3N3O2/c1-19-10(7-17-11(19)18-12(20)21-2)8-3-5-9(6-4-8)13(14,15)16/h3-6,10H,7H2,1-2H3,(H,17,18,20). The summed E-state index contributed by atoms with van der Waals surface area (Å²) >= 11 is 0. The van der Waals surface area contributed by atoms with Gasteiger partial charge < -0.3 is 9.64 Å². The predicted octanol–water partition coefficient (Wildman–Crippen LogP) is 2.40. The lowest BCUT2D eigenvalue weighted by Gasteiger charge is -2.23. The van der Waals surface area contributed by atoms with Crippen molar-refractivity contribution in [1.29, 1.82) is 0 Å². The highest BCUT2D eigenvalue weighted by molar-refractivity contribution is 5.94. The van der Waals surface area contributed by atoms with Crippen molar-refractivity contribution in [3.8, 4) is 0 Å². The Hall–Kier alpha value is -2.25. The molecule has 0 saturated heterocycles. The third kappa shape index (κ3) is 3.26. The highest BCUT2D eigenvalue weighted by Gasteiger charge is 2.31. The Morgan fingerprint density at radius 3 is 2.52 bits per heavy atom. The molecule has 5 nitrogen and oxygen atoms in total. The van der Waals surface area contributed by atoms with Gasteiger partial charge in [0.05, 0.1) is 25.3 Å². The lowest BCUT2D eigenvalue weighted by Crippen LogP contribution is -2.40. The summed E-state index contributed by atoms with van der Waals surface area (Å²) in [4.78, 5) is 17.0. The minimum absolute atomic E-state index is 0.223. The fourth-order valence-corrected chi connectivity index (χ4v) is 2.05. The van der Waals surface area contributed by atoms with Crippen molar-refractivity contribution in [3.05, 3.63) is 35.4 Å². The van der Waals surface area contributed by atoms with Crippen LogP contribution in [0.4, 0.5) is 18.0 Å². The number of alkyl carbamates (subject to hydrolysis) is 1. The molecule has 1 aromatic carbocycles. The summed E-state index contributed by atoms with van der Waals surface area (Å²) in [6.07, 6.45) is -5.00. The second kappa shape index (κ2) is 5.63. The molecule has 1 atom stereocenters. The number of guanidine groups is 1. The summed E-state index contributed by atoms with van der Waals surface area (Å²) in [7, 11) is 2.93. The summed E-state index contributed by atoms with van der Waals surface area (Å²) in [5.74, 6) is 0.326. The molecule has 1 amide bonds. The number of likely N-dealkylation sites (N-methyl/N-ethyl adjacent to an activating group) is 1. The molecule has 1 aromatic rings. The van der Waals surface area contributed by atoms with Gasteiger partial charge in [-0.05, 0) is 17.7 Å². The van der Waals surface area contributed by atoms with Gasteiger partial charge in [0, 0.05) is 7.05 Å². The molecule has 0 aliphatic carbocycles. The van der Waals surface area contributed by atoms with Crippen LogP contribution in [0, 0.1) is 0 Å². The minimum Gasteiger partial charge on any atom is -0.453 e. The van der Waals surface area contributed by atoms with E-state index in [0.717, 1.165) is 12.1 Å². The van der Waals surface area contributed by atoms with E-state index in [1.54, 1.807) is 11.9 Å². The highest BCUT2D eigenvalue weighted by atomic mass is 19.4. The number of amides is 1. The topological polar surface area (TPSA) is 53.9 Å². The van der Waals surface area contributed by atoms with E-state index < -0.39 is 17.8 Å². The molecule has 21 heavy (non-hydrogen) atoms. The van der Waals surface area contributed by atoms with Crippen LogP contribution < -0.4 is 5.32 Å². The maximum Gasteiger partial charge on any atom is 0.416 e. The van der Waals surface area contributed by atoms with Crippen molar-refractivity contribution in [2.75, 3.05) is 20.7 Å². The number of carbonyl (C=O) groups excluding carboxylic acids is 1. The van der Waals surface area contributed by atoms with Gasteiger partial charge >= 0.3 is 12.3 Å². The molecule has 0 bridgehead atoms. The van der Waals surface area contributed by atoms with Crippen molar-refractivity contribution in [2.24, 2.45) is 4.99 Å². The monoisotopic (exact) mass is 301 g/mol. The Kier molecular flexibility index (Phi) is 4.06. The number of rotatable bonds is 1. The predicted molar refractivity (Wildman–Crippen MR) is 69.8 cm³/mol. The SMILES string of the molecule is COC(=O)NC1=NCC(c2ccc(C(F)(F)F)cc2)N1C. The molecule has 0 saturated carbocycles. The number of carbonyl (C=O) groups is 1. The average molecular weight is 301 g/mol. The number of hydrogen-bond donors (Lipinski definition) is 1. The highest BCUT2D eigenvalue weighted by Crippen LogP contribution is 2.31. The largest absolute Gasteiger partial charge is 0.453 e. The Balaban J connectivity index is 2.09. The maximum atomic E-state index is 12.5. The van der Waals surface area contributed by atoms with Crippen molar-refractivity contribution in [2.45, 2.75) is 12.2 Å². The number of methoxy groups -OCH3 is 1. The number of benzene rings is 1. The van der Waals surface area contributed by atoms with E-state index in [4.69, 9.17) is 0 Å². The Morgan fingerprint density at radius 2 is 2.00 bits per heavy atom. The molecule has 0 aromatic heterocycles. The second-order valence-electron chi connectivity index (χ2n) is 4.53. The lowest BCUT2D eigenvalue weighted by molar-refractivity contribution is -0.137. The Bertz CT molecular complexity index is 555. The first-order chi connectivity index (χ1) is 9.82. The van der Waals surface area contributed by atoms with E-state index in [1.165, 1.54) is 19.2 Å². The van der Waals surface area contributed by atoms with Gasteiger partial charge in [-0.25, -0.2) is 4.79 Å². The summed E-state index contributed by atoms with van der Waals surface area (Å²) in [6, 6.07) is 4.68. The van der Waals surface area contributed by atoms with Crippen molar-refractivity contribution >= 4 is 12.1 Å². The third-order valence-corrected chi connectivity index (χ3v) is 3.24. The molecule has 114 valence electrons. The van der Waals surface area contributed by atoms with Crippen molar-refractivity contribution in [1.82, 2.24) is 10.2 Å². The van der Waals surface area contributed by atoms with Crippen molar-refractivity contribution in [3.63, 3.8) is 0 Å². The molecule has 8 heteroatoms. The van der Waals surface area contributed by atoms with E-state index in [-0.39, 0.29) is 6.04 Å². The molecule has 1 aliphatic heterocycles. The van der Waals surface area contributed by atoms with E-state index >= 15 is 0 Å². The van der Waals surface area contributed by atoms with Crippen LogP contribution in [-0.4, -0.2) is 37.7 Å². The maximum absolute atomic E-state index is 12.5. The summed E-state index contributed by atoms with van der Waals surface area (Å²) in [6.45, 7) is 0.348. The smallest absolute Gasteiger partial charge is 0.416 e. The Morgan fingerprint density at radius 1 is 1.38 bits per heavy atom. The molecule has 1 heterocycles. The van der Waals surface area contributed by atoms with Gasteiger partial charge in [0.25, 0.3) is 0 Å². The molecule has 1 aliphatic rings. The second-order valence-corrected chi connectivity index (χ2v) is 4.53. The molecular weight excluding hydrogens is 287 g/mol. The van der Waals surface area contributed by atoms with Crippen LogP contribution in [-0.2, 0) is 10.9 Å². The van der Waals surface area contributed by atoms with Crippen molar-refractivity contribution < 1.29 is 22.7 Å². The van der Waals surface area contributed by atoms with Gasteiger partial charge in [-0.3, -0.25) is 10.3 Å². The zero-order chi connectivity index (χ0) is 15.6. The molecule has 0 radical (unpaired) electrons. The lowest BCUT2D eigenvalue weighted by atomic mass is 10.0. The fourth-order valence-electron chi connectivity index (χ4n) is 2.05. The van der Waals surface area contributed by atoms with E-state index in [2.05, 4.69) is 15.0 Å². The number of halogens is 3. The van der Waals surface area contributed by atoms with Crippen LogP contribution in [0.2, 0.25) is 0 Å². The molecule has 0 fully saturated rings. The minimum atomic E-state index is -4.35. The van der Waals surface area contributed by atoms with Gasteiger partial charge in [0.2, 0.25) is 5.96 Å². The zero-order valence-corrected chi connectivity index (χ0v) is 11.4. The van der Waals surface area contributed by atoms with Gasteiger partial charge in [-0.1, -0.05) is 12.1 Å². The number of aliphatic imine (C=N–C) groups is 1. The summed E-state index contributed by atoms with van der Waals surface area (Å²) < 4.78 is 42.0. The first-order valence-corrected chi connectivity index (χ1v) is 6.12. The molecule has 0 spiro atoms. The van der Waals surface area contributed by atoms with E-state index in [9.17, 15) is 18.0 Å². The first-order valence-electron chi connectivity index (χ1n) is 6.12. The quantitative estimate of drug-likeness (QED) is 0.866. The van der Waals surface area contributed by atoms with Crippen LogP contribution in [0.1, 0.15) is 17.2 Å². The van der Waals surface area contributed by atoms with Crippen LogP contribution in [0.5, 0.6) is 0 Å². The zero-order valence-electron chi connectivity index (χ0n) is 11.4. The molecule has 1 N–H and O–H groups in total. The first kappa shape index (κ1) is 15.1. The third-order valence-electron chi connectivity index (χ3n) is 3.24. The van der Waals surface area contributed by atoms with E-state index in [1.807, 2.05) is 0 Å². The number of nitrogens with zero attached hydrogens (tertiary/aromatic N) is 2. The van der Waals surface area contributed by atoms with Crippen LogP contribution in [0.25, 0.3) is 0 Å². The summed E-state index contributed by atoms with van der Waals surface area (Å²) in [5, 5.41) is 2.45. The van der Waals surface area contributed by atoms with Gasteiger partial charge in [0.15, 0.2) is 0 Å². The Labute approximate surface area is 119 Å². The average Bonchev–Trinajstić information content (AvgIpc) is 2.79. The molecule has 2 rings (SSSR count). The van der Waals surface area contributed by atoms with E-state index in [0.29, 0.717) is 18.1 Å². The number of alkyl halides is 3. The molecule has 1 unspecified atom stereocenters.